The van der Waals surface area contributed by atoms with Crippen LogP contribution in [0, 0.1) is 13.8 Å². The van der Waals surface area contributed by atoms with Gasteiger partial charge in [0.1, 0.15) is 0 Å². The lowest BCUT2D eigenvalue weighted by Gasteiger charge is -2.14. The zero-order chi connectivity index (χ0) is 13.1. The third-order valence-electron chi connectivity index (χ3n) is 3.37. The molecule has 2 rings (SSSR count). The maximum Gasteiger partial charge on any atom is 0.152 e. The molecule has 0 bridgehead atoms. The molecular formula is C16H17NO. The number of carbonyl (C=O) groups excluding carboxylic acids is 1. The quantitative estimate of drug-likeness (QED) is 0.659. The highest BCUT2D eigenvalue weighted by atomic mass is 16.1. The van der Waals surface area contributed by atoms with Crippen LogP contribution in [0.2, 0.25) is 0 Å². The highest BCUT2D eigenvalue weighted by Gasteiger charge is 2.10. The van der Waals surface area contributed by atoms with Crippen molar-refractivity contribution < 1.29 is 4.79 Å². The van der Waals surface area contributed by atoms with Gasteiger partial charge in [0.25, 0.3) is 0 Å². The molecule has 92 valence electrons. The van der Waals surface area contributed by atoms with E-state index in [-0.39, 0.29) is 0 Å². The van der Waals surface area contributed by atoms with Gasteiger partial charge in [0.15, 0.2) is 6.29 Å². The lowest BCUT2D eigenvalue weighted by Crippen LogP contribution is -2.04. The SMILES string of the molecule is Cc1cc(C=O)c(N)c(C)c1Cc1ccccc1. The number of aldehydes is 1. The van der Waals surface area contributed by atoms with E-state index in [1.54, 1.807) is 0 Å². The molecular weight excluding hydrogens is 222 g/mol. The van der Waals surface area contributed by atoms with Gasteiger partial charge in [0.05, 0.1) is 0 Å². The van der Waals surface area contributed by atoms with Crippen LogP contribution in [0.5, 0.6) is 0 Å². The molecule has 0 aliphatic rings. The van der Waals surface area contributed by atoms with Gasteiger partial charge in [0.2, 0.25) is 0 Å². The van der Waals surface area contributed by atoms with E-state index in [4.69, 9.17) is 5.73 Å². The van der Waals surface area contributed by atoms with Crippen molar-refractivity contribution in [1.82, 2.24) is 0 Å². The Hall–Kier alpha value is -2.09. The zero-order valence-electron chi connectivity index (χ0n) is 10.7. The number of aryl methyl sites for hydroxylation is 1. The summed E-state index contributed by atoms with van der Waals surface area (Å²) >= 11 is 0. The molecule has 0 saturated carbocycles. The standard InChI is InChI=1S/C16H17NO/c1-11-8-14(10-18)16(17)12(2)15(11)9-13-6-4-3-5-7-13/h3-8,10H,9,17H2,1-2H3. The summed E-state index contributed by atoms with van der Waals surface area (Å²) in [4.78, 5) is 10.9. The minimum atomic E-state index is 0.585. The highest BCUT2D eigenvalue weighted by molar-refractivity contribution is 5.85. The number of benzene rings is 2. The smallest absolute Gasteiger partial charge is 0.152 e. The van der Waals surface area contributed by atoms with E-state index in [1.165, 1.54) is 11.1 Å². The summed E-state index contributed by atoms with van der Waals surface area (Å²) in [5.74, 6) is 0. The van der Waals surface area contributed by atoms with E-state index in [0.717, 1.165) is 23.8 Å². The van der Waals surface area contributed by atoms with Crippen molar-refractivity contribution in [2.24, 2.45) is 0 Å². The molecule has 0 aliphatic carbocycles. The molecule has 0 amide bonds. The van der Waals surface area contributed by atoms with Crippen LogP contribution in [-0.4, -0.2) is 6.29 Å². The average molecular weight is 239 g/mol. The fourth-order valence-electron chi connectivity index (χ4n) is 2.24. The van der Waals surface area contributed by atoms with Gasteiger partial charge >= 0.3 is 0 Å². The minimum Gasteiger partial charge on any atom is -0.398 e. The Morgan fingerprint density at radius 3 is 2.44 bits per heavy atom. The van der Waals surface area contributed by atoms with Crippen molar-refractivity contribution in [2.75, 3.05) is 5.73 Å². The maximum absolute atomic E-state index is 10.9. The van der Waals surface area contributed by atoms with E-state index in [1.807, 2.05) is 38.1 Å². The molecule has 18 heavy (non-hydrogen) atoms. The number of hydrogen-bond donors (Lipinski definition) is 1. The highest BCUT2D eigenvalue weighted by Crippen LogP contribution is 2.25. The average Bonchev–Trinajstić information content (AvgIpc) is 2.40. The monoisotopic (exact) mass is 239 g/mol. The normalized spacial score (nSPS) is 10.3. The summed E-state index contributed by atoms with van der Waals surface area (Å²) < 4.78 is 0. The summed E-state index contributed by atoms with van der Waals surface area (Å²) in [6, 6.07) is 12.1. The Morgan fingerprint density at radius 2 is 1.83 bits per heavy atom. The summed E-state index contributed by atoms with van der Waals surface area (Å²) in [5, 5.41) is 0. The lowest BCUT2D eigenvalue weighted by molar-refractivity contribution is 0.112. The zero-order valence-corrected chi connectivity index (χ0v) is 10.7. The van der Waals surface area contributed by atoms with E-state index < -0.39 is 0 Å². The summed E-state index contributed by atoms with van der Waals surface area (Å²) in [5.41, 5.74) is 11.8. The lowest BCUT2D eigenvalue weighted by atomic mass is 9.92. The molecule has 2 aromatic rings. The summed E-state index contributed by atoms with van der Waals surface area (Å²) in [7, 11) is 0. The second-order valence-corrected chi connectivity index (χ2v) is 4.58. The van der Waals surface area contributed by atoms with Crippen LogP contribution < -0.4 is 5.73 Å². The predicted octanol–water partition coefficient (Wildman–Crippen LogP) is 3.29. The van der Waals surface area contributed by atoms with E-state index in [0.29, 0.717) is 11.3 Å². The van der Waals surface area contributed by atoms with Gasteiger partial charge < -0.3 is 5.73 Å². The molecule has 0 aromatic heterocycles. The predicted molar refractivity (Wildman–Crippen MR) is 75.0 cm³/mol. The molecule has 0 atom stereocenters. The van der Waals surface area contributed by atoms with Crippen LogP contribution in [0.4, 0.5) is 5.69 Å². The Morgan fingerprint density at radius 1 is 1.17 bits per heavy atom. The number of hydrogen-bond acceptors (Lipinski definition) is 2. The first kappa shape index (κ1) is 12.4. The Kier molecular flexibility index (Phi) is 3.47. The van der Waals surface area contributed by atoms with Crippen LogP contribution in [0.15, 0.2) is 36.4 Å². The molecule has 2 aromatic carbocycles. The van der Waals surface area contributed by atoms with E-state index in [2.05, 4.69) is 12.1 Å². The van der Waals surface area contributed by atoms with Gasteiger partial charge in [-0.15, -0.1) is 0 Å². The van der Waals surface area contributed by atoms with Crippen molar-refractivity contribution in [3.63, 3.8) is 0 Å². The minimum absolute atomic E-state index is 0.585. The van der Waals surface area contributed by atoms with Crippen LogP contribution >= 0.6 is 0 Å². The summed E-state index contributed by atoms with van der Waals surface area (Å²) in [6.45, 7) is 4.01. The third kappa shape index (κ3) is 2.28. The van der Waals surface area contributed by atoms with Gasteiger partial charge in [-0.05, 0) is 48.6 Å². The Labute approximate surface area is 107 Å². The van der Waals surface area contributed by atoms with E-state index >= 15 is 0 Å². The molecule has 0 saturated heterocycles. The molecule has 2 heteroatoms. The van der Waals surface area contributed by atoms with Crippen LogP contribution in [0.1, 0.15) is 32.6 Å². The topological polar surface area (TPSA) is 43.1 Å². The first-order chi connectivity index (χ1) is 8.63. The Balaban J connectivity index is 2.46. The number of nitrogen functional groups attached to an aromatic ring is 1. The van der Waals surface area contributed by atoms with Gasteiger partial charge in [-0.25, -0.2) is 0 Å². The number of nitrogens with two attached hydrogens (primary N) is 1. The van der Waals surface area contributed by atoms with E-state index in [9.17, 15) is 4.79 Å². The van der Waals surface area contributed by atoms with Crippen LogP contribution in [0.25, 0.3) is 0 Å². The molecule has 0 spiro atoms. The van der Waals surface area contributed by atoms with Crippen molar-refractivity contribution >= 4 is 12.0 Å². The molecule has 2 N–H and O–H groups in total. The molecule has 2 nitrogen and oxygen atoms in total. The molecule has 0 fully saturated rings. The first-order valence-corrected chi connectivity index (χ1v) is 6.01. The number of anilines is 1. The molecule has 0 heterocycles. The van der Waals surface area contributed by atoms with Crippen molar-refractivity contribution in [3.05, 3.63) is 64.2 Å². The second-order valence-electron chi connectivity index (χ2n) is 4.58. The molecule has 0 unspecified atom stereocenters. The fraction of sp³-hybridized carbons (Fsp3) is 0.188. The fourth-order valence-corrected chi connectivity index (χ4v) is 2.24. The van der Waals surface area contributed by atoms with Crippen LogP contribution in [-0.2, 0) is 6.42 Å². The van der Waals surface area contributed by atoms with Crippen molar-refractivity contribution in [3.8, 4) is 0 Å². The molecule has 0 radical (unpaired) electrons. The second kappa shape index (κ2) is 5.05. The maximum atomic E-state index is 10.9. The van der Waals surface area contributed by atoms with Crippen LogP contribution in [0.3, 0.4) is 0 Å². The van der Waals surface area contributed by atoms with Crippen molar-refractivity contribution in [1.29, 1.82) is 0 Å². The first-order valence-electron chi connectivity index (χ1n) is 6.01. The number of rotatable bonds is 3. The van der Waals surface area contributed by atoms with Gasteiger partial charge in [-0.3, -0.25) is 4.79 Å². The van der Waals surface area contributed by atoms with Gasteiger partial charge in [0, 0.05) is 11.3 Å². The largest absolute Gasteiger partial charge is 0.398 e. The molecule has 0 aliphatic heterocycles. The van der Waals surface area contributed by atoms with Gasteiger partial charge in [-0.1, -0.05) is 30.3 Å². The third-order valence-corrected chi connectivity index (χ3v) is 3.37. The van der Waals surface area contributed by atoms with Gasteiger partial charge in [-0.2, -0.15) is 0 Å². The Bertz CT molecular complexity index is 573. The van der Waals surface area contributed by atoms with Crippen molar-refractivity contribution in [2.45, 2.75) is 20.3 Å². The summed E-state index contributed by atoms with van der Waals surface area (Å²) in [6.07, 6.45) is 1.67. The number of carbonyl (C=O) groups is 1.